The lowest BCUT2D eigenvalue weighted by atomic mass is 9.99. The van der Waals surface area contributed by atoms with Crippen LogP contribution >= 0.6 is 0 Å². The molecule has 2 heterocycles. The van der Waals surface area contributed by atoms with Gasteiger partial charge in [-0.1, -0.05) is 42.5 Å². The number of hydrogen-bond acceptors (Lipinski definition) is 3. The third-order valence-corrected chi connectivity index (χ3v) is 4.91. The summed E-state index contributed by atoms with van der Waals surface area (Å²) in [5.41, 5.74) is 3.69. The summed E-state index contributed by atoms with van der Waals surface area (Å²) < 4.78 is 2.08. The number of aliphatic hydroxyl groups is 1. The molecular formula is C19H21N3O. The van der Waals surface area contributed by atoms with Gasteiger partial charge in [0.15, 0.2) is 0 Å². The molecule has 1 aromatic heterocycles. The van der Waals surface area contributed by atoms with Crippen molar-refractivity contribution in [1.82, 2.24) is 14.5 Å². The summed E-state index contributed by atoms with van der Waals surface area (Å²) in [6.45, 7) is 1.81. The number of aliphatic hydroxyl groups excluding tert-OH is 1. The molecule has 1 atom stereocenters. The van der Waals surface area contributed by atoms with Gasteiger partial charge in [0, 0.05) is 38.3 Å². The lowest BCUT2D eigenvalue weighted by Crippen LogP contribution is -2.42. The Hall–Kier alpha value is -2.17. The van der Waals surface area contributed by atoms with Crippen molar-refractivity contribution in [3.63, 3.8) is 0 Å². The third kappa shape index (κ3) is 2.54. The first-order valence-corrected chi connectivity index (χ1v) is 8.07. The molecule has 3 aromatic rings. The largest absolute Gasteiger partial charge is 0.395 e. The second-order valence-corrected chi connectivity index (χ2v) is 6.33. The van der Waals surface area contributed by atoms with Crippen LogP contribution in [-0.2, 0) is 26.6 Å². The van der Waals surface area contributed by atoms with E-state index < -0.39 is 0 Å². The Bertz CT molecular complexity index is 834. The summed E-state index contributed by atoms with van der Waals surface area (Å²) in [6.07, 6.45) is 2.73. The van der Waals surface area contributed by atoms with E-state index in [1.807, 2.05) is 13.4 Å². The maximum atomic E-state index is 9.84. The van der Waals surface area contributed by atoms with Gasteiger partial charge < -0.3 is 9.67 Å². The summed E-state index contributed by atoms with van der Waals surface area (Å²) in [5.74, 6) is 0. The van der Waals surface area contributed by atoms with Crippen LogP contribution in [0.4, 0.5) is 0 Å². The highest BCUT2D eigenvalue weighted by Crippen LogP contribution is 2.26. The first kappa shape index (κ1) is 14.4. The highest BCUT2D eigenvalue weighted by Gasteiger charge is 2.28. The van der Waals surface area contributed by atoms with Crippen molar-refractivity contribution in [2.24, 2.45) is 7.05 Å². The van der Waals surface area contributed by atoms with Crippen LogP contribution in [-0.4, -0.2) is 32.2 Å². The first-order chi connectivity index (χ1) is 11.3. The van der Waals surface area contributed by atoms with Gasteiger partial charge in [-0.3, -0.25) is 4.90 Å². The molecule has 0 spiro atoms. The first-order valence-electron chi connectivity index (χ1n) is 8.07. The maximum Gasteiger partial charge on any atom is 0.0949 e. The predicted octanol–water partition coefficient (Wildman–Crippen LogP) is 2.49. The Kier molecular flexibility index (Phi) is 3.63. The van der Waals surface area contributed by atoms with E-state index in [1.54, 1.807) is 0 Å². The number of aryl methyl sites for hydroxylation is 1. The van der Waals surface area contributed by atoms with E-state index in [-0.39, 0.29) is 12.6 Å². The molecule has 118 valence electrons. The Labute approximate surface area is 136 Å². The SMILES string of the molecule is Cn1cnc2c1CC(CO)N(Cc1cccc3ccccc13)C2. The van der Waals surface area contributed by atoms with Crippen molar-refractivity contribution in [3.8, 4) is 0 Å². The molecule has 0 fully saturated rings. The Morgan fingerprint density at radius 1 is 1.17 bits per heavy atom. The highest BCUT2D eigenvalue weighted by atomic mass is 16.3. The van der Waals surface area contributed by atoms with E-state index in [2.05, 4.69) is 56.9 Å². The van der Waals surface area contributed by atoms with Crippen LogP contribution in [0.3, 0.4) is 0 Å². The van der Waals surface area contributed by atoms with Crippen LogP contribution in [0.15, 0.2) is 48.8 Å². The molecule has 0 radical (unpaired) electrons. The molecule has 0 saturated heterocycles. The van der Waals surface area contributed by atoms with Crippen molar-refractivity contribution in [1.29, 1.82) is 0 Å². The fourth-order valence-corrected chi connectivity index (χ4v) is 3.59. The van der Waals surface area contributed by atoms with Gasteiger partial charge in [-0.2, -0.15) is 0 Å². The van der Waals surface area contributed by atoms with Crippen LogP contribution in [0.2, 0.25) is 0 Å². The number of imidazole rings is 1. The van der Waals surface area contributed by atoms with Gasteiger partial charge in [0.2, 0.25) is 0 Å². The smallest absolute Gasteiger partial charge is 0.0949 e. The van der Waals surface area contributed by atoms with Crippen molar-refractivity contribution >= 4 is 10.8 Å². The zero-order valence-electron chi connectivity index (χ0n) is 13.3. The van der Waals surface area contributed by atoms with E-state index in [1.165, 1.54) is 22.0 Å². The number of nitrogens with zero attached hydrogens (tertiary/aromatic N) is 3. The summed E-state index contributed by atoms with van der Waals surface area (Å²) in [6, 6.07) is 15.1. The fraction of sp³-hybridized carbons (Fsp3) is 0.316. The second-order valence-electron chi connectivity index (χ2n) is 6.33. The molecule has 0 bridgehead atoms. The minimum Gasteiger partial charge on any atom is -0.395 e. The van der Waals surface area contributed by atoms with Gasteiger partial charge in [-0.15, -0.1) is 0 Å². The molecule has 0 amide bonds. The molecule has 1 N–H and O–H groups in total. The number of rotatable bonds is 3. The molecule has 4 rings (SSSR count). The van der Waals surface area contributed by atoms with Gasteiger partial charge >= 0.3 is 0 Å². The molecule has 1 unspecified atom stereocenters. The Morgan fingerprint density at radius 3 is 2.87 bits per heavy atom. The summed E-state index contributed by atoms with van der Waals surface area (Å²) in [4.78, 5) is 6.86. The molecule has 1 aliphatic heterocycles. The van der Waals surface area contributed by atoms with E-state index in [0.29, 0.717) is 0 Å². The average molecular weight is 307 g/mol. The lowest BCUT2D eigenvalue weighted by Gasteiger charge is -2.34. The lowest BCUT2D eigenvalue weighted by molar-refractivity contribution is 0.0971. The number of benzene rings is 2. The molecule has 0 aliphatic carbocycles. The average Bonchev–Trinajstić information content (AvgIpc) is 2.95. The summed E-state index contributed by atoms with van der Waals surface area (Å²) in [7, 11) is 2.03. The maximum absolute atomic E-state index is 9.84. The number of aromatic nitrogens is 2. The van der Waals surface area contributed by atoms with Crippen LogP contribution in [0.25, 0.3) is 10.8 Å². The Morgan fingerprint density at radius 2 is 2.00 bits per heavy atom. The molecule has 2 aromatic carbocycles. The van der Waals surface area contributed by atoms with E-state index in [9.17, 15) is 5.11 Å². The molecular weight excluding hydrogens is 286 g/mol. The van der Waals surface area contributed by atoms with E-state index in [4.69, 9.17) is 0 Å². The normalized spacial score (nSPS) is 18.3. The standard InChI is InChI=1S/C19H21N3O/c1-21-13-20-18-11-22(16(12-23)9-19(18)21)10-15-7-4-6-14-5-2-3-8-17(14)15/h2-8,13,16,23H,9-12H2,1H3. The third-order valence-electron chi connectivity index (χ3n) is 4.91. The zero-order chi connectivity index (χ0) is 15.8. The minimum atomic E-state index is 0.150. The van der Waals surface area contributed by atoms with Crippen LogP contribution in [0.1, 0.15) is 17.0 Å². The van der Waals surface area contributed by atoms with Gasteiger partial charge in [0.05, 0.1) is 18.6 Å². The molecule has 23 heavy (non-hydrogen) atoms. The van der Waals surface area contributed by atoms with E-state index >= 15 is 0 Å². The zero-order valence-corrected chi connectivity index (χ0v) is 13.3. The quantitative estimate of drug-likeness (QED) is 0.808. The Balaban J connectivity index is 1.67. The van der Waals surface area contributed by atoms with Crippen LogP contribution in [0, 0.1) is 0 Å². The molecule has 0 saturated carbocycles. The molecule has 4 heteroatoms. The van der Waals surface area contributed by atoms with Gasteiger partial charge in [-0.25, -0.2) is 4.98 Å². The minimum absolute atomic E-state index is 0.150. The summed E-state index contributed by atoms with van der Waals surface area (Å²) >= 11 is 0. The van der Waals surface area contributed by atoms with Gasteiger partial charge in [0.25, 0.3) is 0 Å². The van der Waals surface area contributed by atoms with Crippen LogP contribution in [0.5, 0.6) is 0 Å². The van der Waals surface area contributed by atoms with E-state index in [0.717, 1.165) is 25.2 Å². The van der Waals surface area contributed by atoms with Gasteiger partial charge in [-0.05, 0) is 16.3 Å². The van der Waals surface area contributed by atoms with Crippen molar-refractivity contribution in [3.05, 3.63) is 65.7 Å². The topological polar surface area (TPSA) is 41.3 Å². The summed E-state index contributed by atoms with van der Waals surface area (Å²) in [5, 5.41) is 12.4. The number of hydrogen-bond donors (Lipinski definition) is 1. The molecule has 1 aliphatic rings. The molecule has 4 nitrogen and oxygen atoms in total. The van der Waals surface area contributed by atoms with Crippen molar-refractivity contribution in [2.75, 3.05) is 6.61 Å². The second kappa shape index (κ2) is 5.80. The van der Waals surface area contributed by atoms with Gasteiger partial charge in [0.1, 0.15) is 0 Å². The monoisotopic (exact) mass is 307 g/mol. The van der Waals surface area contributed by atoms with Crippen molar-refractivity contribution < 1.29 is 5.11 Å². The number of fused-ring (bicyclic) bond motifs is 2. The highest BCUT2D eigenvalue weighted by molar-refractivity contribution is 5.85. The van der Waals surface area contributed by atoms with Crippen molar-refractivity contribution in [2.45, 2.75) is 25.6 Å². The predicted molar refractivity (Wildman–Crippen MR) is 91.0 cm³/mol. The van der Waals surface area contributed by atoms with Crippen LogP contribution < -0.4 is 0 Å². The fourth-order valence-electron chi connectivity index (χ4n) is 3.59.